The smallest absolute Gasteiger partial charge is 0.253 e. The summed E-state index contributed by atoms with van der Waals surface area (Å²) < 4.78 is 0. The average Bonchev–Trinajstić information content (AvgIpc) is 2.42. The quantitative estimate of drug-likeness (QED) is 0.819. The Morgan fingerprint density at radius 1 is 1.26 bits per heavy atom. The topological polar surface area (TPSA) is 53.1 Å². The van der Waals surface area contributed by atoms with Gasteiger partial charge in [-0.25, -0.2) is 0 Å². The SMILES string of the molecule is CC.CC.CC1(C)CCc2[nH]c(=O)c(CO)cc2C1. The fraction of sp³-hybridized carbons (Fsp3) is 0.688. The zero-order valence-corrected chi connectivity index (χ0v) is 13.3. The van der Waals surface area contributed by atoms with Crippen LogP contribution in [0, 0.1) is 5.41 Å². The molecule has 0 aromatic carbocycles. The van der Waals surface area contributed by atoms with Gasteiger partial charge in [0.05, 0.1) is 6.61 Å². The molecule has 0 aliphatic heterocycles. The van der Waals surface area contributed by atoms with Gasteiger partial charge in [-0.2, -0.15) is 0 Å². The number of hydrogen-bond donors (Lipinski definition) is 2. The highest BCUT2D eigenvalue weighted by Crippen LogP contribution is 2.33. The molecule has 1 aromatic heterocycles. The number of aliphatic hydroxyl groups is 1. The minimum absolute atomic E-state index is 0.143. The first-order valence-corrected chi connectivity index (χ1v) is 7.37. The predicted molar refractivity (Wildman–Crippen MR) is 81.5 cm³/mol. The van der Waals surface area contributed by atoms with Crippen molar-refractivity contribution in [2.24, 2.45) is 5.41 Å². The van der Waals surface area contributed by atoms with E-state index in [1.165, 1.54) is 5.56 Å². The van der Waals surface area contributed by atoms with E-state index in [0.717, 1.165) is 25.0 Å². The molecular formula is C16H29NO2. The van der Waals surface area contributed by atoms with Crippen LogP contribution in [0.15, 0.2) is 10.9 Å². The van der Waals surface area contributed by atoms with Crippen molar-refractivity contribution in [2.45, 2.75) is 67.4 Å². The molecule has 0 atom stereocenters. The summed E-state index contributed by atoms with van der Waals surface area (Å²) in [5.41, 5.74) is 2.88. The minimum Gasteiger partial charge on any atom is -0.391 e. The Bertz CT molecular complexity index is 433. The van der Waals surface area contributed by atoms with Gasteiger partial charge in [0.25, 0.3) is 5.56 Å². The Labute approximate surface area is 117 Å². The van der Waals surface area contributed by atoms with Gasteiger partial charge in [0.15, 0.2) is 0 Å². The lowest BCUT2D eigenvalue weighted by molar-refractivity contribution is 0.277. The first kappa shape index (κ1) is 17.9. The number of pyridine rings is 1. The van der Waals surface area contributed by atoms with E-state index >= 15 is 0 Å². The van der Waals surface area contributed by atoms with Crippen molar-refractivity contribution in [1.29, 1.82) is 0 Å². The molecule has 0 amide bonds. The molecule has 3 nitrogen and oxygen atoms in total. The summed E-state index contributed by atoms with van der Waals surface area (Å²) >= 11 is 0. The fourth-order valence-corrected chi connectivity index (χ4v) is 2.23. The maximum Gasteiger partial charge on any atom is 0.253 e. The van der Waals surface area contributed by atoms with E-state index in [9.17, 15) is 4.79 Å². The van der Waals surface area contributed by atoms with Crippen LogP contribution in [0.4, 0.5) is 0 Å². The fourth-order valence-electron chi connectivity index (χ4n) is 2.23. The number of aromatic amines is 1. The standard InChI is InChI=1S/C12H17NO2.2C2H6/c1-12(2)4-3-10-8(6-12)5-9(7-14)11(15)13-10;2*1-2/h5,14H,3-4,6-7H2,1-2H3,(H,13,15);2*1-2H3. The van der Waals surface area contributed by atoms with Crippen LogP contribution in [-0.4, -0.2) is 10.1 Å². The lowest BCUT2D eigenvalue weighted by atomic mass is 9.76. The van der Waals surface area contributed by atoms with Gasteiger partial charge in [-0.3, -0.25) is 4.79 Å². The van der Waals surface area contributed by atoms with E-state index in [2.05, 4.69) is 18.8 Å². The molecule has 19 heavy (non-hydrogen) atoms. The first-order chi connectivity index (χ1) is 9.02. The molecule has 2 rings (SSSR count). The lowest BCUT2D eigenvalue weighted by Crippen LogP contribution is -2.26. The number of aryl methyl sites for hydroxylation is 1. The third-order valence-corrected chi connectivity index (χ3v) is 3.18. The summed E-state index contributed by atoms with van der Waals surface area (Å²) in [5.74, 6) is 0. The average molecular weight is 267 g/mol. The number of rotatable bonds is 1. The monoisotopic (exact) mass is 267 g/mol. The lowest BCUT2D eigenvalue weighted by Gasteiger charge is -2.31. The van der Waals surface area contributed by atoms with E-state index < -0.39 is 0 Å². The Hall–Kier alpha value is -1.09. The Balaban J connectivity index is 0.000000741. The van der Waals surface area contributed by atoms with E-state index in [0.29, 0.717) is 11.0 Å². The highest BCUT2D eigenvalue weighted by Gasteiger charge is 2.26. The molecule has 1 aromatic rings. The summed E-state index contributed by atoms with van der Waals surface area (Å²) in [6.07, 6.45) is 3.02. The van der Waals surface area contributed by atoms with Gasteiger partial charge in [0.1, 0.15) is 0 Å². The summed E-state index contributed by atoms with van der Waals surface area (Å²) in [6, 6.07) is 1.86. The molecule has 0 bridgehead atoms. The molecule has 1 aliphatic rings. The van der Waals surface area contributed by atoms with Crippen molar-refractivity contribution < 1.29 is 5.11 Å². The molecule has 3 heteroatoms. The van der Waals surface area contributed by atoms with E-state index in [1.807, 2.05) is 33.8 Å². The maximum atomic E-state index is 11.5. The third kappa shape index (κ3) is 4.83. The van der Waals surface area contributed by atoms with Crippen molar-refractivity contribution >= 4 is 0 Å². The summed E-state index contributed by atoms with van der Waals surface area (Å²) in [4.78, 5) is 14.3. The van der Waals surface area contributed by atoms with Gasteiger partial charge in [-0.1, -0.05) is 41.5 Å². The van der Waals surface area contributed by atoms with Crippen molar-refractivity contribution in [1.82, 2.24) is 4.98 Å². The second-order valence-electron chi connectivity index (χ2n) is 5.13. The second kappa shape index (κ2) is 8.16. The van der Waals surface area contributed by atoms with E-state index in [4.69, 9.17) is 5.11 Å². The molecule has 1 heterocycles. The predicted octanol–water partition coefficient (Wildman–Crippen LogP) is 3.43. The Morgan fingerprint density at radius 3 is 2.37 bits per heavy atom. The van der Waals surface area contributed by atoms with Crippen molar-refractivity contribution in [3.05, 3.63) is 33.2 Å². The van der Waals surface area contributed by atoms with Crippen LogP contribution in [0.5, 0.6) is 0 Å². The Kier molecular flexibility index (Phi) is 7.69. The molecule has 2 N–H and O–H groups in total. The van der Waals surface area contributed by atoms with Gasteiger partial charge in [0.2, 0.25) is 0 Å². The molecule has 110 valence electrons. The Morgan fingerprint density at radius 2 is 1.84 bits per heavy atom. The number of fused-ring (bicyclic) bond motifs is 1. The van der Waals surface area contributed by atoms with Crippen LogP contribution >= 0.6 is 0 Å². The van der Waals surface area contributed by atoms with Crippen LogP contribution in [0.1, 0.15) is 64.8 Å². The normalized spacial score (nSPS) is 15.3. The molecule has 1 aliphatic carbocycles. The van der Waals surface area contributed by atoms with Gasteiger partial charge >= 0.3 is 0 Å². The van der Waals surface area contributed by atoms with Gasteiger partial charge < -0.3 is 10.1 Å². The van der Waals surface area contributed by atoms with Gasteiger partial charge in [-0.15, -0.1) is 0 Å². The molecule has 0 unspecified atom stereocenters. The first-order valence-electron chi connectivity index (χ1n) is 7.37. The minimum atomic E-state index is -0.178. The van der Waals surface area contributed by atoms with Crippen LogP contribution < -0.4 is 5.56 Å². The maximum absolute atomic E-state index is 11.5. The van der Waals surface area contributed by atoms with Crippen LogP contribution in [0.25, 0.3) is 0 Å². The van der Waals surface area contributed by atoms with Crippen LogP contribution in [0.3, 0.4) is 0 Å². The van der Waals surface area contributed by atoms with Crippen molar-refractivity contribution in [3.8, 4) is 0 Å². The van der Waals surface area contributed by atoms with Crippen molar-refractivity contribution in [3.63, 3.8) is 0 Å². The zero-order chi connectivity index (χ0) is 15.1. The number of hydrogen-bond acceptors (Lipinski definition) is 2. The summed E-state index contributed by atoms with van der Waals surface area (Å²) in [6.45, 7) is 12.3. The largest absolute Gasteiger partial charge is 0.391 e. The second-order valence-corrected chi connectivity index (χ2v) is 5.13. The van der Waals surface area contributed by atoms with E-state index in [1.54, 1.807) is 0 Å². The van der Waals surface area contributed by atoms with Crippen LogP contribution in [0.2, 0.25) is 0 Å². The number of H-pyrrole nitrogens is 1. The highest BCUT2D eigenvalue weighted by atomic mass is 16.3. The third-order valence-electron chi connectivity index (χ3n) is 3.18. The van der Waals surface area contributed by atoms with Crippen LogP contribution in [-0.2, 0) is 19.4 Å². The van der Waals surface area contributed by atoms with Gasteiger partial charge in [-0.05, 0) is 36.3 Å². The molecule has 0 saturated heterocycles. The summed E-state index contributed by atoms with van der Waals surface area (Å²) in [7, 11) is 0. The highest BCUT2D eigenvalue weighted by molar-refractivity contribution is 5.28. The zero-order valence-electron chi connectivity index (χ0n) is 13.3. The molecule has 0 radical (unpaired) electrons. The molecule has 0 saturated carbocycles. The van der Waals surface area contributed by atoms with E-state index in [-0.39, 0.29) is 12.2 Å². The van der Waals surface area contributed by atoms with Crippen molar-refractivity contribution in [2.75, 3.05) is 0 Å². The number of nitrogens with one attached hydrogen (secondary N) is 1. The number of aromatic nitrogens is 1. The number of aliphatic hydroxyl groups excluding tert-OH is 1. The molecule has 0 spiro atoms. The summed E-state index contributed by atoms with van der Waals surface area (Å²) in [5, 5.41) is 9.03. The molecule has 0 fully saturated rings. The molecular weight excluding hydrogens is 238 g/mol. The van der Waals surface area contributed by atoms with Gasteiger partial charge in [0, 0.05) is 11.3 Å².